The number of hydrogen-bond acceptors (Lipinski definition) is 3. The van der Waals surface area contributed by atoms with Crippen LogP contribution in [0, 0.1) is 5.92 Å². The molecule has 2 atom stereocenters. The molecule has 0 spiro atoms. The van der Waals surface area contributed by atoms with Crippen LogP contribution in [-0.2, 0) is 16.0 Å². The predicted octanol–water partition coefficient (Wildman–Crippen LogP) is 2.99. The highest BCUT2D eigenvalue weighted by atomic mass is 35.5. The number of ether oxygens (including phenoxy) is 1. The normalized spacial score (nSPS) is 19.4. The van der Waals surface area contributed by atoms with Crippen LogP contribution in [0.2, 0.25) is 0 Å². The van der Waals surface area contributed by atoms with Gasteiger partial charge in [-0.05, 0) is 36.8 Å². The minimum atomic E-state index is -0.348. The van der Waals surface area contributed by atoms with Gasteiger partial charge in [-0.2, -0.15) is 0 Å². The Morgan fingerprint density at radius 2 is 2.13 bits per heavy atom. The zero-order chi connectivity index (χ0) is 16.2. The zero-order valence-corrected chi connectivity index (χ0v) is 15.1. The maximum Gasteiger partial charge on any atom is 0.223 e. The Morgan fingerprint density at radius 3 is 2.78 bits per heavy atom. The minimum absolute atomic E-state index is 0. The summed E-state index contributed by atoms with van der Waals surface area (Å²) >= 11 is 0. The maximum absolute atomic E-state index is 12.4. The summed E-state index contributed by atoms with van der Waals surface area (Å²) in [5, 5.41) is 3.11. The highest BCUT2D eigenvalue weighted by Gasteiger charge is 2.29. The van der Waals surface area contributed by atoms with Gasteiger partial charge in [-0.25, -0.2) is 0 Å². The molecule has 1 heterocycles. The fraction of sp³-hybridized carbons (Fsp3) is 0.611. The van der Waals surface area contributed by atoms with Gasteiger partial charge in [-0.3, -0.25) is 4.79 Å². The van der Waals surface area contributed by atoms with E-state index in [1.165, 1.54) is 5.56 Å². The quantitative estimate of drug-likeness (QED) is 0.836. The van der Waals surface area contributed by atoms with Crippen molar-refractivity contribution in [2.45, 2.75) is 51.7 Å². The number of halogens is 1. The first-order valence-corrected chi connectivity index (χ1v) is 8.14. The van der Waals surface area contributed by atoms with Crippen LogP contribution in [0.3, 0.4) is 0 Å². The van der Waals surface area contributed by atoms with Crippen LogP contribution < -0.4 is 11.1 Å². The fourth-order valence-corrected chi connectivity index (χ4v) is 3.29. The molecule has 0 aromatic heterocycles. The Kier molecular flexibility index (Phi) is 7.52. The Labute approximate surface area is 145 Å². The third-order valence-corrected chi connectivity index (χ3v) is 4.21. The molecule has 1 amide bonds. The fourth-order valence-electron chi connectivity index (χ4n) is 3.29. The molecule has 0 saturated heterocycles. The maximum atomic E-state index is 12.4. The van der Waals surface area contributed by atoms with Crippen molar-refractivity contribution < 1.29 is 9.53 Å². The smallest absolute Gasteiger partial charge is 0.223 e. The van der Waals surface area contributed by atoms with Gasteiger partial charge in [-0.15, -0.1) is 12.4 Å². The highest BCUT2D eigenvalue weighted by molar-refractivity contribution is 5.85. The van der Waals surface area contributed by atoms with Crippen molar-refractivity contribution in [2.75, 3.05) is 13.2 Å². The molecule has 0 aliphatic carbocycles. The molecule has 0 radical (unpaired) electrons. The first-order valence-electron chi connectivity index (χ1n) is 8.14. The minimum Gasteiger partial charge on any atom is -0.373 e. The molecule has 0 saturated carbocycles. The molecule has 0 bridgehead atoms. The lowest BCUT2D eigenvalue weighted by Crippen LogP contribution is -2.52. The SMILES string of the molecule is CC(C)CC(C)(CN)NC(=O)CC1OCCc2ccccc21.Cl. The van der Waals surface area contributed by atoms with Gasteiger partial charge < -0.3 is 15.8 Å². The van der Waals surface area contributed by atoms with Crippen LogP contribution in [0.4, 0.5) is 0 Å². The van der Waals surface area contributed by atoms with Crippen molar-refractivity contribution in [3.8, 4) is 0 Å². The summed E-state index contributed by atoms with van der Waals surface area (Å²) in [4.78, 5) is 12.4. The first-order chi connectivity index (χ1) is 10.4. The average molecular weight is 341 g/mol. The lowest BCUT2D eigenvalue weighted by Gasteiger charge is -2.32. The molecule has 1 aliphatic rings. The molecule has 1 aliphatic heterocycles. The summed E-state index contributed by atoms with van der Waals surface area (Å²) in [5.74, 6) is 0.496. The first kappa shape index (κ1) is 19.9. The Bertz CT molecular complexity index is 521. The number of rotatable bonds is 6. The number of carbonyl (C=O) groups is 1. The third-order valence-electron chi connectivity index (χ3n) is 4.21. The molecule has 5 heteroatoms. The van der Waals surface area contributed by atoms with Gasteiger partial charge in [0.25, 0.3) is 0 Å². The van der Waals surface area contributed by atoms with Gasteiger partial charge in [0, 0.05) is 12.1 Å². The summed E-state index contributed by atoms with van der Waals surface area (Å²) in [6.45, 7) is 7.41. The second-order valence-corrected chi connectivity index (χ2v) is 6.92. The average Bonchev–Trinajstić information content (AvgIpc) is 2.46. The summed E-state index contributed by atoms with van der Waals surface area (Å²) in [6.07, 6.45) is 2.00. The number of hydrogen-bond donors (Lipinski definition) is 2. The van der Waals surface area contributed by atoms with Crippen molar-refractivity contribution in [2.24, 2.45) is 11.7 Å². The molecular weight excluding hydrogens is 312 g/mol. The largest absolute Gasteiger partial charge is 0.373 e. The Balaban J connectivity index is 0.00000264. The number of amides is 1. The highest BCUT2D eigenvalue weighted by Crippen LogP contribution is 2.29. The number of nitrogens with one attached hydrogen (secondary N) is 1. The lowest BCUT2D eigenvalue weighted by molar-refractivity contribution is -0.126. The van der Waals surface area contributed by atoms with Crippen molar-refractivity contribution in [1.29, 1.82) is 0 Å². The van der Waals surface area contributed by atoms with Gasteiger partial charge in [-0.1, -0.05) is 38.1 Å². The second kappa shape index (κ2) is 8.67. The van der Waals surface area contributed by atoms with E-state index in [9.17, 15) is 4.79 Å². The van der Waals surface area contributed by atoms with E-state index in [4.69, 9.17) is 10.5 Å². The van der Waals surface area contributed by atoms with E-state index in [2.05, 4.69) is 31.3 Å². The van der Waals surface area contributed by atoms with E-state index in [0.29, 0.717) is 25.5 Å². The standard InChI is InChI=1S/C18H28N2O2.ClH/c1-13(2)11-18(3,12-19)20-17(21)10-16-15-7-5-4-6-14(15)8-9-22-16;/h4-7,13,16H,8-12,19H2,1-3H3,(H,20,21);1H. The number of nitrogens with two attached hydrogens (primary N) is 1. The third kappa shape index (κ3) is 5.48. The number of carbonyl (C=O) groups excluding carboxylic acids is 1. The molecule has 0 fully saturated rings. The van der Waals surface area contributed by atoms with E-state index in [0.717, 1.165) is 18.4 Å². The van der Waals surface area contributed by atoms with Gasteiger partial charge in [0.05, 0.1) is 19.1 Å². The van der Waals surface area contributed by atoms with Crippen LogP contribution in [0.5, 0.6) is 0 Å². The molecule has 3 N–H and O–H groups in total. The van der Waals surface area contributed by atoms with Gasteiger partial charge in [0.1, 0.15) is 0 Å². The number of benzene rings is 1. The topological polar surface area (TPSA) is 64.3 Å². The Hall–Kier alpha value is -1.10. The van der Waals surface area contributed by atoms with Crippen molar-refractivity contribution in [3.63, 3.8) is 0 Å². The molecule has 2 rings (SSSR count). The molecule has 1 aromatic rings. The van der Waals surface area contributed by atoms with E-state index in [-0.39, 0.29) is 30.0 Å². The van der Waals surface area contributed by atoms with Crippen molar-refractivity contribution in [3.05, 3.63) is 35.4 Å². The molecule has 130 valence electrons. The zero-order valence-electron chi connectivity index (χ0n) is 14.3. The molecule has 2 unspecified atom stereocenters. The van der Waals surface area contributed by atoms with Crippen molar-refractivity contribution >= 4 is 18.3 Å². The van der Waals surface area contributed by atoms with Crippen LogP contribution >= 0.6 is 12.4 Å². The second-order valence-electron chi connectivity index (χ2n) is 6.92. The Morgan fingerprint density at radius 1 is 1.43 bits per heavy atom. The van der Waals surface area contributed by atoms with Gasteiger partial charge in [0.15, 0.2) is 0 Å². The van der Waals surface area contributed by atoms with Crippen molar-refractivity contribution in [1.82, 2.24) is 5.32 Å². The van der Waals surface area contributed by atoms with Crippen LogP contribution in [0.15, 0.2) is 24.3 Å². The molecule has 4 nitrogen and oxygen atoms in total. The predicted molar refractivity (Wildman–Crippen MR) is 95.8 cm³/mol. The summed E-state index contributed by atoms with van der Waals surface area (Å²) in [7, 11) is 0. The van der Waals surface area contributed by atoms with Crippen LogP contribution in [0.1, 0.15) is 50.8 Å². The molecule has 1 aromatic carbocycles. The van der Waals surface area contributed by atoms with Gasteiger partial charge >= 0.3 is 0 Å². The van der Waals surface area contributed by atoms with Crippen LogP contribution in [-0.4, -0.2) is 24.6 Å². The lowest BCUT2D eigenvalue weighted by atomic mass is 9.90. The van der Waals surface area contributed by atoms with E-state index >= 15 is 0 Å². The summed E-state index contributed by atoms with van der Waals surface area (Å²) in [6, 6.07) is 8.21. The van der Waals surface area contributed by atoms with E-state index < -0.39 is 0 Å². The monoisotopic (exact) mass is 340 g/mol. The van der Waals surface area contributed by atoms with Gasteiger partial charge in [0.2, 0.25) is 5.91 Å². The summed E-state index contributed by atoms with van der Waals surface area (Å²) < 4.78 is 5.81. The molecule has 23 heavy (non-hydrogen) atoms. The van der Waals surface area contributed by atoms with E-state index in [1.807, 2.05) is 19.1 Å². The van der Waals surface area contributed by atoms with Crippen LogP contribution in [0.25, 0.3) is 0 Å². The summed E-state index contributed by atoms with van der Waals surface area (Å²) in [5.41, 5.74) is 7.95. The van der Waals surface area contributed by atoms with E-state index in [1.54, 1.807) is 0 Å². The number of fused-ring (bicyclic) bond motifs is 1. The molecular formula is C18H29ClN2O2.